The Bertz CT molecular complexity index is 1600. The zero-order valence-electron chi connectivity index (χ0n) is 21.4. The molecule has 5 aromatic rings. The number of fused-ring (bicyclic) bond motifs is 1. The van der Waals surface area contributed by atoms with Gasteiger partial charge in [0.2, 0.25) is 0 Å². The number of anilines is 2. The van der Waals surface area contributed by atoms with Crippen molar-refractivity contribution in [1.82, 2.24) is 0 Å². The number of nitrogens with two attached hydrogens (primary N) is 2. The molecule has 0 saturated carbocycles. The second-order valence-electron chi connectivity index (χ2n) is 9.45. The molecule has 0 spiro atoms. The minimum Gasteiger partial charge on any atom is -0.397 e. The van der Waals surface area contributed by atoms with Gasteiger partial charge in [-0.2, -0.15) is 0 Å². The van der Waals surface area contributed by atoms with Crippen molar-refractivity contribution in [2.24, 2.45) is 0 Å². The molecule has 2 nitrogen and oxygen atoms in total. The minimum atomic E-state index is 0.627. The third-order valence-electron chi connectivity index (χ3n) is 6.89. The van der Waals surface area contributed by atoms with Gasteiger partial charge in [-0.25, -0.2) is 0 Å². The Morgan fingerprint density at radius 2 is 1.30 bits per heavy atom. The number of rotatable bonds is 6. The molecular weight excluding hydrogens is 448 g/mol. The lowest BCUT2D eigenvalue weighted by atomic mass is 9.89. The van der Waals surface area contributed by atoms with Crippen LogP contribution in [0.4, 0.5) is 11.4 Å². The number of aryl methyl sites for hydroxylation is 1. The summed E-state index contributed by atoms with van der Waals surface area (Å²) in [6, 6.07) is 34.8. The minimum absolute atomic E-state index is 0.627. The summed E-state index contributed by atoms with van der Waals surface area (Å²) in [6.45, 7) is 4.10. The number of hydrogen-bond acceptors (Lipinski definition) is 2. The van der Waals surface area contributed by atoms with Gasteiger partial charge in [0, 0.05) is 0 Å². The third-order valence-corrected chi connectivity index (χ3v) is 6.89. The van der Waals surface area contributed by atoms with Gasteiger partial charge in [-0.05, 0) is 70.0 Å². The van der Waals surface area contributed by atoms with Crippen LogP contribution in [-0.2, 0) is 6.42 Å². The Morgan fingerprint density at radius 1 is 0.649 bits per heavy atom. The highest BCUT2D eigenvalue weighted by molar-refractivity contribution is 6.04. The molecule has 0 saturated heterocycles. The fraction of sp³-hybridized carbons (Fsp3) is 0.0857. The van der Waals surface area contributed by atoms with E-state index >= 15 is 0 Å². The Balaban J connectivity index is 1.43. The molecule has 0 amide bonds. The highest BCUT2D eigenvalue weighted by atomic mass is 14.7. The maximum atomic E-state index is 6.28. The second-order valence-corrected chi connectivity index (χ2v) is 9.45. The highest BCUT2D eigenvalue weighted by Gasteiger charge is 2.12. The predicted octanol–water partition coefficient (Wildman–Crippen LogP) is 8.94. The van der Waals surface area contributed by atoms with E-state index in [2.05, 4.69) is 104 Å². The SMILES string of the molecule is C/C=C\c1ccc(/C=C\Cc2ccc(-c3ccc4ccccc4c3-c3ccc(C)cc3)cc2)c(N)c1N. The normalized spacial score (nSPS) is 11.6. The Hall–Kier alpha value is -4.56. The van der Waals surface area contributed by atoms with E-state index in [0.717, 1.165) is 17.5 Å². The smallest absolute Gasteiger partial charge is 0.0627 e. The van der Waals surface area contributed by atoms with Crippen molar-refractivity contribution in [2.75, 3.05) is 11.5 Å². The van der Waals surface area contributed by atoms with Crippen LogP contribution in [-0.4, -0.2) is 0 Å². The van der Waals surface area contributed by atoms with E-state index in [1.165, 1.54) is 44.2 Å². The van der Waals surface area contributed by atoms with Crippen molar-refractivity contribution in [3.05, 3.63) is 131 Å². The first kappa shape index (κ1) is 24.1. The van der Waals surface area contributed by atoms with Crippen molar-refractivity contribution in [3.8, 4) is 22.3 Å². The van der Waals surface area contributed by atoms with Crippen LogP contribution in [0.2, 0.25) is 0 Å². The molecule has 0 aromatic heterocycles. The molecule has 4 N–H and O–H groups in total. The van der Waals surface area contributed by atoms with Gasteiger partial charge in [-0.3, -0.25) is 0 Å². The number of nitrogen functional groups attached to an aromatic ring is 2. The first-order chi connectivity index (χ1) is 18.0. The standard InChI is InChI=1S/C35H32N2/c1-3-7-29-20-21-30(35(37)34(29)36)10-6-8-25-14-18-27(19-15-25)32-23-22-26-9-4-5-11-31(26)33(32)28-16-12-24(2)13-17-28/h3-7,9-23H,8,36-37H2,1-2H3/b7-3-,10-6-. The van der Waals surface area contributed by atoms with Crippen molar-refractivity contribution < 1.29 is 0 Å². The van der Waals surface area contributed by atoms with Crippen LogP contribution < -0.4 is 11.5 Å². The maximum Gasteiger partial charge on any atom is 0.0627 e. The van der Waals surface area contributed by atoms with Crippen LogP contribution in [0, 0.1) is 6.92 Å². The summed E-state index contributed by atoms with van der Waals surface area (Å²) in [5.74, 6) is 0. The van der Waals surface area contributed by atoms with Crippen molar-refractivity contribution in [3.63, 3.8) is 0 Å². The van der Waals surface area contributed by atoms with E-state index < -0.39 is 0 Å². The molecular formula is C35H32N2. The quantitative estimate of drug-likeness (QED) is 0.238. The molecule has 0 heterocycles. The van der Waals surface area contributed by atoms with E-state index in [0.29, 0.717) is 11.4 Å². The highest BCUT2D eigenvalue weighted by Crippen LogP contribution is 2.38. The number of allylic oxidation sites excluding steroid dienone is 2. The van der Waals surface area contributed by atoms with Crippen LogP contribution in [0.1, 0.15) is 29.2 Å². The summed E-state index contributed by atoms with van der Waals surface area (Å²) in [4.78, 5) is 0. The van der Waals surface area contributed by atoms with Crippen LogP contribution in [0.25, 0.3) is 45.2 Å². The summed E-state index contributed by atoms with van der Waals surface area (Å²) in [6.07, 6.45) is 8.95. The van der Waals surface area contributed by atoms with Gasteiger partial charge in [0.1, 0.15) is 0 Å². The predicted molar refractivity (Wildman–Crippen MR) is 162 cm³/mol. The second kappa shape index (κ2) is 10.6. The van der Waals surface area contributed by atoms with Gasteiger partial charge in [-0.15, -0.1) is 0 Å². The Labute approximate surface area is 219 Å². The zero-order valence-corrected chi connectivity index (χ0v) is 21.4. The summed E-state index contributed by atoms with van der Waals surface area (Å²) >= 11 is 0. The number of hydrogen-bond donors (Lipinski definition) is 2. The summed E-state index contributed by atoms with van der Waals surface area (Å²) in [7, 11) is 0. The molecule has 0 atom stereocenters. The van der Waals surface area contributed by atoms with E-state index in [1.807, 2.05) is 31.2 Å². The first-order valence-electron chi connectivity index (χ1n) is 12.7. The van der Waals surface area contributed by atoms with Crippen molar-refractivity contribution in [1.29, 1.82) is 0 Å². The molecule has 37 heavy (non-hydrogen) atoms. The fourth-order valence-electron chi connectivity index (χ4n) is 4.83. The largest absolute Gasteiger partial charge is 0.397 e. The van der Waals surface area contributed by atoms with E-state index in [1.54, 1.807) is 0 Å². The molecule has 0 bridgehead atoms. The molecule has 5 rings (SSSR count). The fourth-order valence-corrected chi connectivity index (χ4v) is 4.83. The maximum absolute atomic E-state index is 6.28. The summed E-state index contributed by atoms with van der Waals surface area (Å²) in [5, 5.41) is 2.52. The lowest BCUT2D eigenvalue weighted by molar-refractivity contribution is 1.28. The van der Waals surface area contributed by atoms with Crippen molar-refractivity contribution >= 4 is 34.3 Å². The molecule has 0 fully saturated rings. The lowest BCUT2D eigenvalue weighted by Crippen LogP contribution is -1.99. The third kappa shape index (κ3) is 5.05. The monoisotopic (exact) mass is 480 g/mol. The van der Waals surface area contributed by atoms with Crippen LogP contribution in [0.3, 0.4) is 0 Å². The topological polar surface area (TPSA) is 52.0 Å². The molecule has 5 aromatic carbocycles. The molecule has 2 heteroatoms. The van der Waals surface area contributed by atoms with E-state index in [9.17, 15) is 0 Å². The van der Waals surface area contributed by atoms with Gasteiger partial charge in [0.05, 0.1) is 11.4 Å². The van der Waals surface area contributed by atoms with Gasteiger partial charge >= 0.3 is 0 Å². The van der Waals surface area contributed by atoms with Crippen molar-refractivity contribution in [2.45, 2.75) is 20.3 Å². The van der Waals surface area contributed by atoms with Crippen LogP contribution in [0.5, 0.6) is 0 Å². The number of benzene rings is 5. The molecule has 0 aliphatic heterocycles. The van der Waals surface area contributed by atoms with Gasteiger partial charge < -0.3 is 11.5 Å². The molecule has 182 valence electrons. The van der Waals surface area contributed by atoms with Gasteiger partial charge in [0.15, 0.2) is 0 Å². The Kier molecular flexibility index (Phi) is 6.91. The first-order valence-corrected chi connectivity index (χ1v) is 12.7. The Morgan fingerprint density at radius 3 is 2.00 bits per heavy atom. The molecule has 0 radical (unpaired) electrons. The molecule has 0 aliphatic carbocycles. The molecule has 0 aliphatic rings. The molecule has 0 unspecified atom stereocenters. The van der Waals surface area contributed by atoms with E-state index in [4.69, 9.17) is 11.5 Å². The van der Waals surface area contributed by atoms with E-state index in [-0.39, 0.29) is 0 Å². The average molecular weight is 481 g/mol. The van der Waals surface area contributed by atoms with Crippen LogP contribution in [0.15, 0.2) is 109 Å². The van der Waals surface area contributed by atoms with Gasteiger partial charge in [-0.1, -0.05) is 127 Å². The lowest BCUT2D eigenvalue weighted by Gasteiger charge is -2.15. The van der Waals surface area contributed by atoms with Gasteiger partial charge in [0.25, 0.3) is 0 Å². The van der Waals surface area contributed by atoms with Crippen LogP contribution >= 0.6 is 0 Å². The summed E-state index contributed by atoms with van der Waals surface area (Å²) < 4.78 is 0. The average Bonchev–Trinajstić information content (AvgIpc) is 2.93. The summed E-state index contributed by atoms with van der Waals surface area (Å²) in [5.41, 5.74) is 23.1. The zero-order chi connectivity index (χ0) is 25.8.